The van der Waals surface area contributed by atoms with Gasteiger partial charge in [-0.15, -0.1) is 0 Å². The quantitative estimate of drug-likeness (QED) is 0.792. The third-order valence-corrected chi connectivity index (χ3v) is 4.25. The Morgan fingerprint density at radius 1 is 1.17 bits per heavy atom. The first-order valence-electron chi connectivity index (χ1n) is 7.03. The van der Waals surface area contributed by atoms with Gasteiger partial charge in [0.05, 0.1) is 13.1 Å². The zero-order valence-corrected chi connectivity index (χ0v) is 13.5. The summed E-state index contributed by atoms with van der Waals surface area (Å²) in [5.41, 5.74) is 0.471. The number of benzene rings is 1. The second-order valence-corrected chi connectivity index (χ2v) is 6.23. The van der Waals surface area contributed by atoms with Gasteiger partial charge in [0.15, 0.2) is 0 Å². The lowest BCUT2D eigenvalue weighted by molar-refractivity contribution is -0.148. The number of halogens is 2. The molecule has 7 nitrogen and oxygen atoms in total. The minimum absolute atomic E-state index is 0.0164. The van der Waals surface area contributed by atoms with Crippen LogP contribution in [-0.2, 0) is 9.59 Å². The van der Waals surface area contributed by atoms with Crippen LogP contribution in [0.25, 0.3) is 0 Å². The maximum Gasteiger partial charge on any atom is 0.321 e. The average molecular weight is 357 g/mol. The van der Waals surface area contributed by atoms with Crippen LogP contribution in [0.1, 0.15) is 0 Å². The van der Waals surface area contributed by atoms with Crippen LogP contribution in [0.2, 0.25) is 10.0 Å². The van der Waals surface area contributed by atoms with E-state index in [1.165, 1.54) is 9.80 Å². The molecule has 4 amide bonds. The summed E-state index contributed by atoms with van der Waals surface area (Å²) in [7, 11) is 0. The van der Waals surface area contributed by atoms with E-state index < -0.39 is 6.04 Å². The lowest BCUT2D eigenvalue weighted by Crippen LogP contribution is -2.66. The molecule has 0 aromatic heterocycles. The Kier molecular flexibility index (Phi) is 4.32. The Morgan fingerprint density at radius 3 is 2.57 bits per heavy atom. The summed E-state index contributed by atoms with van der Waals surface area (Å²) >= 11 is 11.8. The second-order valence-electron chi connectivity index (χ2n) is 5.36. The van der Waals surface area contributed by atoms with Crippen LogP contribution in [0.15, 0.2) is 18.2 Å². The van der Waals surface area contributed by atoms with Crippen LogP contribution in [-0.4, -0.2) is 59.9 Å². The van der Waals surface area contributed by atoms with Crippen molar-refractivity contribution in [3.63, 3.8) is 0 Å². The molecular formula is C14H14Cl2N4O3. The maximum atomic E-state index is 12.3. The van der Waals surface area contributed by atoms with E-state index in [0.717, 1.165) is 0 Å². The number of nitrogens with one attached hydrogen (secondary N) is 2. The van der Waals surface area contributed by atoms with Gasteiger partial charge < -0.3 is 20.4 Å². The Bertz CT molecular complexity index is 662. The van der Waals surface area contributed by atoms with Gasteiger partial charge >= 0.3 is 6.03 Å². The van der Waals surface area contributed by atoms with E-state index >= 15 is 0 Å². The molecule has 2 aliphatic rings. The van der Waals surface area contributed by atoms with Crippen LogP contribution in [0.3, 0.4) is 0 Å². The average Bonchev–Trinajstić information content (AvgIpc) is 2.49. The highest BCUT2D eigenvalue weighted by Gasteiger charge is 2.39. The molecule has 0 saturated carbocycles. The van der Waals surface area contributed by atoms with Gasteiger partial charge in [-0.05, 0) is 18.2 Å². The summed E-state index contributed by atoms with van der Waals surface area (Å²) in [5.74, 6) is -0.371. The number of carbonyl (C=O) groups excluding carboxylic acids is 3. The Morgan fingerprint density at radius 2 is 1.87 bits per heavy atom. The van der Waals surface area contributed by atoms with Crippen molar-refractivity contribution in [2.24, 2.45) is 0 Å². The fraction of sp³-hybridized carbons (Fsp3) is 0.357. The fourth-order valence-corrected chi connectivity index (χ4v) is 3.23. The smallest absolute Gasteiger partial charge is 0.321 e. The molecule has 1 aromatic rings. The third-order valence-electron chi connectivity index (χ3n) is 3.82. The van der Waals surface area contributed by atoms with Gasteiger partial charge in [-0.1, -0.05) is 23.2 Å². The molecular weight excluding hydrogens is 343 g/mol. The predicted octanol–water partition coefficient (Wildman–Crippen LogP) is 1.17. The van der Waals surface area contributed by atoms with Crippen molar-refractivity contribution < 1.29 is 14.4 Å². The highest BCUT2D eigenvalue weighted by molar-refractivity contribution is 6.35. The summed E-state index contributed by atoms with van der Waals surface area (Å²) in [6.07, 6.45) is 0. The number of hydrogen-bond acceptors (Lipinski definition) is 3. The number of anilines is 1. The molecule has 1 aromatic carbocycles. The van der Waals surface area contributed by atoms with Gasteiger partial charge in [-0.25, -0.2) is 4.79 Å². The van der Waals surface area contributed by atoms with Crippen molar-refractivity contribution in [1.29, 1.82) is 0 Å². The lowest BCUT2D eigenvalue weighted by atomic mass is 10.1. The maximum absolute atomic E-state index is 12.3. The van der Waals surface area contributed by atoms with E-state index in [4.69, 9.17) is 23.2 Å². The molecule has 1 atom stereocenters. The molecule has 9 heteroatoms. The molecule has 0 aliphatic carbocycles. The SMILES string of the molecule is O=C1NCC(=O)N2CCN(C(=O)Nc3cc(Cl)cc(Cl)c3)C[C@H]12. The van der Waals surface area contributed by atoms with Crippen LogP contribution in [0.4, 0.5) is 10.5 Å². The molecule has 2 fully saturated rings. The molecule has 0 bridgehead atoms. The molecule has 2 N–H and O–H groups in total. The fourth-order valence-electron chi connectivity index (χ4n) is 2.70. The van der Waals surface area contributed by atoms with Crippen molar-refractivity contribution in [3.8, 4) is 0 Å². The summed E-state index contributed by atoms with van der Waals surface area (Å²) in [6.45, 7) is 0.858. The first-order valence-corrected chi connectivity index (χ1v) is 7.79. The number of nitrogens with zero attached hydrogens (tertiary/aromatic N) is 2. The highest BCUT2D eigenvalue weighted by Crippen LogP contribution is 2.23. The van der Waals surface area contributed by atoms with E-state index in [0.29, 0.717) is 28.8 Å². The summed E-state index contributed by atoms with van der Waals surface area (Å²) in [5, 5.41) is 6.05. The number of fused-ring (bicyclic) bond motifs is 1. The zero-order chi connectivity index (χ0) is 16.6. The number of hydrogen-bond donors (Lipinski definition) is 2. The Hall–Kier alpha value is -1.99. The minimum Gasteiger partial charge on any atom is -0.345 e. The summed E-state index contributed by atoms with van der Waals surface area (Å²) < 4.78 is 0. The zero-order valence-electron chi connectivity index (χ0n) is 12.0. The first-order chi connectivity index (χ1) is 10.9. The number of piperazine rings is 2. The normalized spacial score (nSPS) is 20.9. The molecule has 2 heterocycles. The molecule has 2 aliphatic heterocycles. The Labute approximate surface area is 142 Å². The standard InChI is InChI=1S/C14H14Cl2N4O3/c15-8-3-9(16)5-10(4-8)18-14(23)19-1-2-20-11(7-19)13(22)17-6-12(20)21/h3-5,11H,1-2,6-7H2,(H,17,22)(H,18,23)/t11-/m1/s1. The van der Waals surface area contributed by atoms with E-state index in [1.54, 1.807) is 18.2 Å². The van der Waals surface area contributed by atoms with Crippen LogP contribution >= 0.6 is 23.2 Å². The largest absolute Gasteiger partial charge is 0.345 e. The lowest BCUT2D eigenvalue weighted by Gasteiger charge is -2.42. The molecule has 0 radical (unpaired) electrons. The number of amides is 4. The van der Waals surface area contributed by atoms with E-state index in [-0.39, 0.29) is 30.9 Å². The van der Waals surface area contributed by atoms with Gasteiger partial charge in [0, 0.05) is 28.8 Å². The highest BCUT2D eigenvalue weighted by atomic mass is 35.5. The molecule has 3 rings (SSSR count). The summed E-state index contributed by atoms with van der Waals surface area (Å²) in [6, 6.07) is 3.72. The van der Waals surface area contributed by atoms with Crippen molar-refractivity contribution in [1.82, 2.24) is 15.1 Å². The van der Waals surface area contributed by atoms with Crippen molar-refractivity contribution in [3.05, 3.63) is 28.2 Å². The molecule has 23 heavy (non-hydrogen) atoms. The van der Waals surface area contributed by atoms with E-state index in [9.17, 15) is 14.4 Å². The van der Waals surface area contributed by atoms with Crippen molar-refractivity contribution >= 4 is 46.7 Å². The Balaban J connectivity index is 1.69. The molecule has 2 saturated heterocycles. The number of rotatable bonds is 1. The number of carbonyl (C=O) groups is 3. The van der Waals surface area contributed by atoms with Gasteiger partial charge in [0.2, 0.25) is 11.8 Å². The monoisotopic (exact) mass is 356 g/mol. The third kappa shape index (κ3) is 3.35. The van der Waals surface area contributed by atoms with Gasteiger partial charge in [-0.3, -0.25) is 9.59 Å². The van der Waals surface area contributed by atoms with Gasteiger partial charge in [0.1, 0.15) is 6.04 Å². The molecule has 0 spiro atoms. The van der Waals surface area contributed by atoms with E-state index in [2.05, 4.69) is 10.6 Å². The minimum atomic E-state index is -0.640. The van der Waals surface area contributed by atoms with E-state index in [1.807, 2.05) is 0 Å². The van der Waals surface area contributed by atoms with Crippen LogP contribution in [0.5, 0.6) is 0 Å². The topological polar surface area (TPSA) is 81.8 Å². The van der Waals surface area contributed by atoms with Crippen LogP contribution in [0, 0.1) is 0 Å². The number of urea groups is 1. The molecule has 0 unspecified atom stereocenters. The summed E-state index contributed by atoms with van der Waals surface area (Å²) in [4.78, 5) is 39.0. The van der Waals surface area contributed by atoms with Gasteiger partial charge in [-0.2, -0.15) is 0 Å². The van der Waals surface area contributed by atoms with Gasteiger partial charge in [0.25, 0.3) is 0 Å². The predicted molar refractivity (Wildman–Crippen MR) is 85.6 cm³/mol. The van der Waals surface area contributed by atoms with Crippen molar-refractivity contribution in [2.75, 3.05) is 31.5 Å². The van der Waals surface area contributed by atoms with Crippen LogP contribution < -0.4 is 10.6 Å². The van der Waals surface area contributed by atoms with Crippen molar-refractivity contribution in [2.45, 2.75) is 6.04 Å². The first kappa shape index (κ1) is 15.9. The second kappa shape index (κ2) is 6.25. The molecule has 122 valence electrons.